The zero-order valence-corrected chi connectivity index (χ0v) is 16.5. The number of nitrogens with zero attached hydrogens (tertiary/aromatic N) is 4. The standard InChI is InChI=1S/C19H21FN6OS/c1-10-5-15-17(28-10)16(18(27)26-4-3-14(21)9-26)25-19(24-15)23-11(2)12-6-13(20)8-22-7-12/h5-8,11,14H,3-4,9,21H2,1-2H3,(H,23,24,25)/t11-,14-/m0/s1. The third-order valence-electron chi connectivity index (χ3n) is 4.78. The second-order valence-electron chi connectivity index (χ2n) is 7.07. The number of anilines is 1. The smallest absolute Gasteiger partial charge is 0.274 e. The van der Waals surface area contributed by atoms with Crippen LogP contribution in [0.5, 0.6) is 0 Å². The summed E-state index contributed by atoms with van der Waals surface area (Å²) in [6.45, 7) is 5.00. The minimum Gasteiger partial charge on any atom is -0.348 e. The van der Waals surface area contributed by atoms with Crippen LogP contribution < -0.4 is 11.1 Å². The number of carbonyl (C=O) groups is 1. The number of nitrogens with two attached hydrogens (primary N) is 1. The van der Waals surface area contributed by atoms with E-state index in [-0.39, 0.29) is 18.0 Å². The van der Waals surface area contributed by atoms with Crippen molar-refractivity contribution < 1.29 is 9.18 Å². The Morgan fingerprint density at radius 3 is 2.93 bits per heavy atom. The Morgan fingerprint density at radius 1 is 1.39 bits per heavy atom. The van der Waals surface area contributed by atoms with Gasteiger partial charge < -0.3 is 16.0 Å². The van der Waals surface area contributed by atoms with Gasteiger partial charge in [0.05, 0.1) is 22.5 Å². The molecule has 3 N–H and O–H groups in total. The number of carbonyl (C=O) groups excluding carboxylic acids is 1. The summed E-state index contributed by atoms with van der Waals surface area (Å²) in [5.41, 5.74) is 7.73. The molecule has 9 heteroatoms. The Balaban J connectivity index is 1.68. The van der Waals surface area contributed by atoms with E-state index in [1.165, 1.54) is 17.4 Å². The van der Waals surface area contributed by atoms with E-state index in [2.05, 4.69) is 20.3 Å². The molecule has 0 bridgehead atoms. The van der Waals surface area contributed by atoms with E-state index in [1.54, 1.807) is 11.1 Å². The SMILES string of the molecule is Cc1cc2nc(N[C@@H](C)c3cncc(F)c3)nc(C(=O)N3CC[C@H](N)C3)c2s1. The molecule has 4 heterocycles. The summed E-state index contributed by atoms with van der Waals surface area (Å²) in [4.78, 5) is 28.8. The maximum Gasteiger partial charge on any atom is 0.274 e. The van der Waals surface area contributed by atoms with Gasteiger partial charge in [0.25, 0.3) is 5.91 Å². The number of aryl methyl sites for hydroxylation is 1. The molecule has 0 aromatic carbocycles. The van der Waals surface area contributed by atoms with Gasteiger partial charge in [-0.3, -0.25) is 9.78 Å². The number of halogens is 1. The number of likely N-dealkylation sites (tertiary alicyclic amines) is 1. The molecule has 28 heavy (non-hydrogen) atoms. The molecule has 0 unspecified atom stereocenters. The predicted molar refractivity (Wildman–Crippen MR) is 107 cm³/mol. The van der Waals surface area contributed by atoms with Gasteiger partial charge in [-0.1, -0.05) is 0 Å². The first-order valence-electron chi connectivity index (χ1n) is 9.10. The molecule has 3 aromatic rings. The van der Waals surface area contributed by atoms with E-state index in [9.17, 15) is 9.18 Å². The van der Waals surface area contributed by atoms with Crippen LogP contribution in [0.15, 0.2) is 24.5 Å². The van der Waals surface area contributed by atoms with Crippen molar-refractivity contribution in [1.29, 1.82) is 0 Å². The molecule has 0 radical (unpaired) electrons. The number of hydrogen-bond acceptors (Lipinski definition) is 7. The number of fused-ring (bicyclic) bond motifs is 1. The minimum atomic E-state index is -0.405. The van der Waals surface area contributed by atoms with Crippen molar-refractivity contribution in [3.63, 3.8) is 0 Å². The van der Waals surface area contributed by atoms with Gasteiger partial charge in [-0.25, -0.2) is 14.4 Å². The lowest BCUT2D eigenvalue weighted by molar-refractivity contribution is 0.0787. The summed E-state index contributed by atoms with van der Waals surface area (Å²) in [5, 5.41) is 3.16. The summed E-state index contributed by atoms with van der Waals surface area (Å²) in [7, 11) is 0. The number of rotatable bonds is 4. The van der Waals surface area contributed by atoms with Crippen molar-refractivity contribution in [3.05, 3.63) is 46.5 Å². The van der Waals surface area contributed by atoms with Crippen LogP contribution in [0.25, 0.3) is 10.2 Å². The quantitative estimate of drug-likeness (QED) is 0.699. The van der Waals surface area contributed by atoms with Crippen molar-refractivity contribution in [3.8, 4) is 0 Å². The topological polar surface area (TPSA) is 97.0 Å². The predicted octanol–water partition coefficient (Wildman–Crippen LogP) is 2.88. The number of nitrogens with one attached hydrogen (secondary N) is 1. The van der Waals surface area contributed by atoms with Crippen molar-refractivity contribution in [2.24, 2.45) is 5.73 Å². The van der Waals surface area contributed by atoms with E-state index < -0.39 is 5.82 Å². The van der Waals surface area contributed by atoms with Crippen molar-refractivity contribution in [2.45, 2.75) is 32.4 Å². The van der Waals surface area contributed by atoms with Gasteiger partial charge in [-0.2, -0.15) is 0 Å². The van der Waals surface area contributed by atoms with Crippen LogP contribution >= 0.6 is 11.3 Å². The zero-order chi connectivity index (χ0) is 19.8. The first kappa shape index (κ1) is 18.7. The fourth-order valence-electron chi connectivity index (χ4n) is 3.32. The molecule has 1 fully saturated rings. The molecule has 7 nitrogen and oxygen atoms in total. The van der Waals surface area contributed by atoms with Crippen molar-refractivity contribution in [2.75, 3.05) is 18.4 Å². The summed E-state index contributed by atoms with van der Waals surface area (Å²) >= 11 is 1.50. The largest absolute Gasteiger partial charge is 0.348 e. The highest BCUT2D eigenvalue weighted by Gasteiger charge is 2.28. The number of hydrogen-bond donors (Lipinski definition) is 2. The van der Waals surface area contributed by atoms with Gasteiger partial charge in [0.15, 0.2) is 5.69 Å². The molecule has 146 valence electrons. The lowest BCUT2D eigenvalue weighted by atomic mass is 10.1. The molecule has 4 rings (SSSR count). The van der Waals surface area contributed by atoms with Crippen LogP contribution in [0.4, 0.5) is 10.3 Å². The van der Waals surface area contributed by atoms with Gasteiger partial charge >= 0.3 is 0 Å². The molecule has 0 aliphatic carbocycles. The normalized spacial score (nSPS) is 17.9. The molecule has 1 saturated heterocycles. The Kier molecular flexibility index (Phi) is 4.94. The van der Waals surface area contributed by atoms with Crippen LogP contribution in [-0.2, 0) is 0 Å². The lowest BCUT2D eigenvalue weighted by Crippen LogP contribution is -2.32. The van der Waals surface area contributed by atoms with Crippen LogP contribution in [0.3, 0.4) is 0 Å². The Bertz CT molecular complexity index is 1040. The Labute approximate surface area is 165 Å². The van der Waals surface area contributed by atoms with E-state index >= 15 is 0 Å². The first-order chi connectivity index (χ1) is 13.4. The molecule has 1 amide bonds. The van der Waals surface area contributed by atoms with Gasteiger partial charge in [-0.05, 0) is 38.0 Å². The van der Waals surface area contributed by atoms with E-state index in [4.69, 9.17) is 5.73 Å². The summed E-state index contributed by atoms with van der Waals surface area (Å²) < 4.78 is 14.2. The summed E-state index contributed by atoms with van der Waals surface area (Å²) in [5.74, 6) is -0.212. The van der Waals surface area contributed by atoms with Crippen LogP contribution in [0.2, 0.25) is 0 Å². The lowest BCUT2D eigenvalue weighted by Gasteiger charge is -2.18. The number of aromatic nitrogens is 3. The molecular formula is C19H21FN6OS. The molecule has 3 aromatic heterocycles. The highest BCUT2D eigenvalue weighted by atomic mass is 32.1. The second kappa shape index (κ2) is 7.40. The summed E-state index contributed by atoms with van der Waals surface area (Å²) in [6, 6.07) is 3.08. The number of thiophene rings is 1. The van der Waals surface area contributed by atoms with Gasteiger partial charge in [0.2, 0.25) is 5.95 Å². The second-order valence-corrected chi connectivity index (χ2v) is 8.33. The zero-order valence-electron chi connectivity index (χ0n) is 15.6. The molecular weight excluding hydrogens is 379 g/mol. The molecule has 1 aliphatic rings. The fourth-order valence-corrected chi connectivity index (χ4v) is 4.25. The average molecular weight is 400 g/mol. The monoisotopic (exact) mass is 400 g/mol. The average Bonchev–Trinajstić information content (AvgIpc) is 3.25. The summed E-state index contributed by atoms with van der Waals surface area (Å²) in [6.07, 6.45) is 3.54. The number of pyridine rings is 1. The van der Waals surface area contributed by atoms with Crippen molar-refractivity contribution in [1.82, 2.24) is 19.9 Å². The van der Waals surface area contributed by atoms with E-state index in [0.717, 1.165) is 27.7 Å². The minimum absolute atomic E-state index is 0.00412. The van der Waals surface area contributed by atoms with Crippen LogP contribution in [0, 0.1) is 12.7 Å². The van der Waals surface area contributed by atoms with Crippen molar-refractivity contribution >= 4 is 33.4 Å². The molecule has 0 saturated carbocycles. The highest BCUT2D eigenvalue weighted by molar-refractivity contribution is 7.19. The molecule has 1 aliphatic heterocycles. The highest BCUT2D eigenvalue weighted by Crippen LogP contribution is 2.29. The fraction of sp³-hybridized carbons (Fsp3) is 0.368. The van der Waals surface area contributed by atoms with Gasteiger partial charge in [0.1, 0.15) is 5.82 Å². The Morgan fingerprint density at radius 2 is 2.21 bits per heavy atom. The Hall–Kier alpha value is -2.65. The number of amides is 1. The van der Waals surface area contributed by atoms with Gasteiger partial charge in [-0.15, -0.1) is 11.3 Å². The maximum atomic E-state index is 13.5. The molecule has 0 spiro atoms. The third-order valence-corrected chi connectivity index (χ3v) is 5.83. The molecule has 2 atom stereocenters. The van der Waals surface area contributed by atoms with Crippen LogP contribution in [0.1, 0.15) is 40.3 Å². The van der Waals surface area contributed by atoms with E-state index in [1.807, 2.05) is 19.9 Å². The van der Waals surface area contributed by atoms with Gasteiger partial charge in [0, 0.05) is 30.2 Å². The van der Waals surface area contributed by atoms with Crippen LogP contribution in [-0.4, -0.2) is 44.9 Å². The maximum absolute atomic E-state index is 13.5. The third kappa shape index (κ3) is 3.67. The first-order valence-corrected chi connectivity index (χ1v) is 9.92. The van der Waals surface area contributed by atoms with E-state index in [0.29, 0.717) is 30.3 Å².